The number of methoxy groups -OCH3 is 2. The van der Waals surface area contributed by atoms with Crippen molar-refractivity contribution in [1.82, 2.24) is 4.90 Å². The summed E-state index contributed by atoms with van der Waals surface area (Å²) in [6.45, 7) is 2.09. The summed E-state index contributed by atoms with van der Waals surface area (Å²) in [5.74, 6) is 0.603. The van der Waals surface area contributed by atoms with Crippen LogP contribution in [0.15, 0.2) is 48.5 Å². The maximum Gasteiger partial charge on any atom is 0.252 e. The van der Waals surface area contributed by atoms with E-state index in [0.29, 0.717) is 17.1 Å². The number of likely N-dealkylation sites (N-methyl/N-ethyl adjacent to an activating group) is 1. The maximum absolute atomic E-state index is 12.0. The molecule has 0 saturated heterocycles. The summed E-state index contributed by atoms with van der Waals surface area (Å²) in [6, 6.07) is 14.4. The molecule has 0 heterocycles. The first-order valence-corrected chi connectivity index (χ1v) is 9.38. The van der Waals surface area contributed by atoms with Crippen LogP contribution in [-0.4, -0.2) is 51.1 Å². The normalized spacial score (nSPS) is 11.1. The van der Waals surface area contributed by atoms with Crippen LogP contribution in [0.1, 0.15) is 30.1 Å². The number of hydrogen-bond donors (Lipinski definition) is 2. The summed E-state index contributed by atoms with van der Waals surface area (Å²) in [4.78, 5) is 24.8. The van der Waals surface area contributed by atoms with Crippen LogP contribution >= 0.6 is 0 Å². The smallest absolute Gasteiger partial charge is 0.252 e. The van der Waals surface area contributed by atoms with Gasteiger partial charge in [-0.1, -0.05) is 31.5 Å². The first-order valence-electron chi connectivity index (χ1n) is 9.38. The maximum atomic E-state index is 12.0. The second kappa shape index (κ2) is 12.4. The molecule has 0 aliphatic rings. The van der Waals surface area contributed by atoms with Gasteiger partial charge in [0.15, 0.2) is 0 Å². The Morgan fingerprint density at radius 2 is 1.72 bits per heavy atom. The van der Waals surface area contributed by atoms with E-state index in [1.807, 2.05) is 49.3 Å². The van der Waals surface area contributed by atoms with Gasteiger partial charge in [0.05, 0.1) is 25.8 Å². The zero-order chi connectivity index (χ0) is 21.8. The van der Waals surface area contributed by atoms with E-state index in [9.17, 15) is 9.59 Å². The lowest BCUT2D eigenvalue weighted by Gasteiger charge is -2.22. The van der Waals surface area contributed by atoms with Crippen molar-refractivity contribution in [2.24, 2.45) is 5.73 Å². The fourth-order valence-electron chi connectivity index (χ4n) is 2.65. The lowest BCUT2D eigenvalue weighted by atomic mass is 10.1. The van der Waals surface area contributed by atoms with Crippen LogP contribution in [0.25, 0.3) is 0 Å². The van der Waals surface area contributed by atoms with Gasteiger partial charge in [-0.2, -0.15) is 0 Å². The van der Waals surface area contributed by atoms with Crippen molar-refractivity contribution in [3.63, 3.8) is 0 Å². The Balaban J connectivity index is 0.000000296. The van der Waals surface area contributed by atoms with Crippen LogP contribution in [0.2, 0.25) is 0 Å². The molecular formula is C22H31N3O4. The SMILES string of the molecule is CCCC(C(=O)Nc1ccccc1)N(C)C.COc1ccc(C(N)=O)c(OC)c1. The number of carbonyl (C=O) groups excluding carboxylic acids is 2. The van der Waals surface area contributed by atoms with Gasteiger partial charge >= 0.3 is 0 Å². The van der Waals surface area contributed by atoms with Crippen LogP contribution in [0.3, 0.4) is 0 Å². The monoisotopic (exact) mass is 401 g/mol. The van der Waals surface area contributed by atoms with Crippen molar-refractivity contribution in [3.8, 4) is 11.5 Å². The zero-order valence-electron chi connectivity index (χ0n) is 17.8. The molecule has 2 rings (SSSR count). The van der Waals surface area contributed by atoms with Gasteiger partial charge in [0.1, 0.15) is 11.5 Å². The molecule has 158 valence electrons. The Bertz CT molecular complexity index is 779. The molecule has 0 aromatic heterocycles. The molecule has 7 heteroatoms. The van der Waals surface area contributed by atoms with Crippen LogP contribution in [0, 0.1) is 0 Å². The molecule has 7 nitrogen and oxygen atoms in total. The third kappa shape index (κ3) is 7.83. The number of nitrogens with one attached hydrogen (secondary N) is 1. The van der Waals surface area contributed by atoms with Crippen molar-refractivity contribution in [3.05, 3.63) is 54.1 Å². The highest BCUT2D eigenvalue weighted by atomic mass is 16.5. The summed E-state index contributed by atoms with van der Waals surface area (Å²) in [5, 5.41) is 2.93. The third-order valence-electron chi connectivity index (χ3n) is 4.20. The largest absolute Gasteiger partial charge is 0.497 e. The predicted octanol–water partition coefficient (Wildman–Crippen LogP) is 3.16. The number of amides is 2. The molecule has 2 aromatic rings. The minimum atomic E-state index is -0.514. The van der Waals surface area contributed by atoms with Crippen molar-refractivity contribution in [2.45, 2.75) is 25.8 Å². The molecule has 2 aromatic carbocycles. The number of carbonyl (C=O) groups is 2. The lowest BCUT2D eigenvalue weighted by molar-refractivity contribution is -0.120. The molecule has 1 atom stereocenters. The highest BCUT2D eigenvalue weighted by Gasteiger charge is 2.19. The van der Waals surface area contributed by atoms with Crippen LogP contribution in [-0.2, 0) is 4.79 Å². The van der Waals surface area contributed by atoms with Gasteiger partial charge in [-0.15, -0.1) is 0 Å². The summed E-state index contributed by atoms with van der Waals surface area (Å²) in [5.41, 5.74) is 6.33. The van der Waals surface area contributed by atoms with Gasteiger partial charge in [0, 0.05) is 11.8 Å². The Hall–Kier alpha value is -3.06. The number of nitrogens with two attached hydrogens (primary N) is 1. The Morgan fingerprint density at radius 3 is 2.21 bits per heavy atom. The number of hydrogen-bond acceptors (Lipinski definition) is 5. The summed E-state index contributed by atoms with van der Waals surface area (Å²) >= 11 is 0. The minimum absolute atomic E-state index is 0.0507. The van der Waals surface area contributed by atoms with E-state index in [1.165, 1.54) is 7.11 Å². The molecular weight excluding hydrogens is 370 g/mol. The Kier molecular flexibility index (Phi) is 10.3. The van der Waals surface area contributed by atoms with Gasteiger partial charge in [-0.05, 0) is 44.8 Å². The number of para-hydroxylation sites is 1. The predicted molar refractivity (Wildman–Crippen MR) is 116 cm³/mol. The third-order valence-corrected chi connectivity index (χ3v) is 4.20. The fourth-order valence-corrected chi connectivity index (χ4v) is 2.65. The Labute approximate surface area is 172 Å². The number of nitrogens with zero attached hydrogens (tertiary/aromatic N) is 1. The quantitative estimate of drug-likeness (QED) is 0.709. The fraction of sp³-hybridized carbons (Fsp3) is 0.364. The number of primary amides is 1. The first kappa shape index (κ1) is 24.0. The highest BCUT2D eigenvalue weighted by Crippen LogP contribution is 2.23. The topological polar surface area (TPSA) is 93.9 Å². The average Bonchev–Trinajstić information content (AvgIpc) is 2.72. The minimum Gasteiger partial charge on any atom is -0.497 e. The summed E-state index contributed by atoms with van der Waals surface area (Å²) < 4.78 is 9.93. The molecule has 0 aliphatic heterocycles. The molecule has 2 amide bonds. The van der Waals surface area contributed by atoms with E-state index in [-0.39, 0.29) is 11.9 Å². The van der Waals surface area contributed by atoms with Crippen molar-refractivity contribution in [1.29, 1.82) is 0 Å². The number of rotatable bonds is 8. The molecule has 29 heavy (non-hydrogen) atoms. The first-order chi connectivity index (χ1) is 13.8. The molecule has 1 unspecified atom stereocenters. The van der Waals surface area contributed by atoms with E-state index in [0.717, 1.165) is 18.5 Å². The number of benzene rings is 2. The second-order valence-electron chi connectivity index (χ2n) is 6.55. The molecule has 0 bridgehead atoms. The van der Waals surface area contributed by atoms with Crippen LogP contribution < -0.4 is 20.5 Å². The standard InChI is InChI=1S/C13H20N2O.C9H11NO3/c1-4-8-12(15(2)3)13(16)14-11-9-6-5-7-10-11;1-12-6-3-4-7(9(10)11)8(5-6)13-2/h5-7,9-10,12H,4,8H2,1-3H3,(H,14,16);3-5H,1-2H3,(H2,10,11). The van der Waals surface area contributed by atoms with E-state index >= 15 is 0 Å². The van der Waals surface area contributed by atoms with E-state index < -0.39 is 5.91 Å². The van der Waals surface area contributed by atoms with Gasteiger partial charge in [0.25, 0.3) is 5.91 Å². The van der Waals surface area contributed by atoms with Gasteiger partial charge in [-0.3, -0.25) is 14.5 Å². The van der Waals surface area contributed by atoms with Gasteiger partial charge in [0.2, 0.25) is 5.91 Å². The molecule has 0 aliphatic carbocycles. The average molecular weight is 402 g/mol. The van der Waals surface area contributed by atoms with Crippen molar-refractivity contribution in [2.75, 3.05) is 33.6 Å². The molecule has 0 saturated carbocycles. The van der Waals surface area contributed by atoms with Crippen molar-refractivity contribution >= 4 is 17.5 Å². The van der Waals surface area contributed by atoms with Gasteiger partial charge in [-0.25, -0.2) is 0 Å². The summed E-state index contributed by atoms with van der Waals surface area (Å²) in [6.07, 6.45) is 1.89. The second-order valence-corrected chi connectivity index (χ2v) is 6.55. The highest BCUT2D eigenvalue weighted by molar-refractivity contribution is 5.96. The van der Waals surface area contributed by atoms with E-state index in [4.69, 9.17) is 15.2 Å². The molecule has 0 radical (unpaired) electrons. The van der Waals surface area contributed by atoms with E-state index in [2.05, 4.69) is 12.2 Å². The molecule has 0 spiro atoms. The lowest BCUT2D eigenvalue weighted by Crippen LogP contribution is -2.39. The molecule has 0 fully saturated rings. The number of anilines is 1. The van der Waals surface area contributed by atoms with E-state index in [1.54, 1.807) is 25.3 Å². The zero-order valence-corrected chi connectivity index (χ0v) is 17.8. The number of ether oxygens (including phenoxy) is 2. The molecule has 3 N–H and O–H groups in total. The van der Waals surface area contributed by atoms with Crippen LogP contribution in [0.5, 0.6) is 11.5 Å². The Morgan fingerprint density at radius 1 is 1.07 bits per heavy atom. The summed E-state index contributed by atoms with van der Waals surface area (Å²) in [7, 11) is 6.88. The van der Waals surface area contributed by atoms with Crippen molar-refractivity contribution < 1.29 is 19.1 Å². The van der Waals surface area contributed by atoms with Crippen LogP contribution in [0.4, 0.5) is 5.69 Å². The van der Waals surface area contributed by atoms with Gasteiger partial charge < -0.3 is 20.5 Å².